The van der Waals surface area contributed by atoms with E-state index in [1.807, 2.05) is 19.1 Å². The summed E-state index contributed by atoms with van der Waals surface area (Å²) in [6.07, 6.45) is 4.74. The van der Waals surface area contributed by atoms with Gasteiger partial charge in [-0.25, -0.2) is 0 Å². The van der Waals surface area contributed by atoms with Crippen LogP contribution in [0.4, 0.5) is 5.69 Å². The molecule has 2 N–H and O–H groups in total. The van der Waals surface area contributed by atoms with Crippen LogP contribution < -0.4 is 10.6 Å². The van der Waals surface area contributed by atoms with Gasteiger partial charge in [-0.05, 0) is 44.4 Å². The molecule has 1 aliphatic rings. The summed E-state index contributed by atoms with van der Waals surface area (Å²) >= 11 is 0. The summed E-state index contributed by atoms with van der Waals surface area (Å²) in [6, 6.07) is 8.30. The van der Waals surface area contributed by atoms with E-state index < -0.39 is 0 Å². The maximum absolute atomic E-state index is 12.0. The third kappa shape index (κ3) is 3.49. The van der Waals surface area contributed by atoms with Crippen LogP contribution in [-0.4, -0.2) is 18.0 Å². The van der Waals surface area contributed by atoms with Crippen LogP contribution in [0.2, 0.25) is 0 Å². The van der Waals surface area contributed by atoms with Crippen molar-refractivity contribution in [3.8, 4) is 0 Å². The van der Waals surface area contributed by atoms with E-state index in [0.29, 0.717) is 6.04 Å². The first kappa shape index (κ1) is 12.9. The Hall–Kier alpha value is -1.51. The number of carbonyl (C=O) groups is 1. The number of nitrogens with one attached hydrogen (secondary N) is 2. The van der Waals surface area contributed by atoms with Gasteiger partial charge in [0.1, 0.15) is 6.04 Å². The molecular weight excluding hydrogens is 224 g/mol. The Bertz CT molecular complexity index is 411. The molecule has 1 fully saturated rings. The highest BCUT2D eigenvalue weighted by Gasteiger charge is 2.20. The minimum atomic E-state index is -0.188. The third-order valence-electron chi connectivity index (χ3n) is 3.50. The van der Waals surface area contributed by atoms with Gasteiger partial charge in [0.15, 0.2) is 0 Å². The summed E-state index contributed by atoms with van der Waals surface area (Å²) in [6.45, 7) is 3.96. The fourth-order valence-electron chi connectivity index (χ4n) is 2.45. The maximum Gasteiger partial charge on any atom is 0.242 e. The molecule has 0 bridgehead atoms. The lowest BCUT2D eigenvalue weighted by Crippen LogP contribution is -2.42. The Labute approximate surface area is 109 Å². The summed E-state index contributed by atoms with van der Waals surface area (Å²) < 4.78 is 0. The lowest BCUT2D eigenvalue weighted by Gasteiger charge is -2.18. The van der Waals surface area contributed by atoms with E-state index in [4.69, 9.17) is 0 Å². The summed E-state index contributed by atoms with van der Waals surface area (Å²) in [5.74, 6) is 0.100. The van der Waals surface area contributed by atoms with Gasteiger partial charge < -0.3 is 10.6 Å². The molecule has 1 aromatic carbocycles. The molecule has 0 aromatic heterocycles. The lowest BCUT2D eigenvalue weighted by molar-refractivity contribution is -0.122. The van der Waals surface area contributed by atoms with Gasteiger partial charge in [0.25, 0.3) is 0 Å². The molecule has 1 amide bonds. The van der Waals surface area contributed by atoms with Crippen molar-refractivity contribution in [3.05, 3.63) is 29.8 Å². The van der Waals surface area contributed by atoms with Crippen LogP contribution in [0, 0.1) is 6.92 Å². The molecular formula is C15H22N2O. The monoisotopic (exact) mass is 246 g/mol. The molecule has 98 valence electrons. The molecule has 1 atom stereocenters. The average Bonchev–Trinajstić information content (AvgIpc) is 2.81. The highest BCUT2D eigenvalue weighted by Crippen LogP contribution is 2.18. The molecule has 3 heteroatoms. The first-order valence-electron chi connectivity index (χ1n) is 6.79. The molecule has 1 aromatic rings. The molecule has 0 heterocycles. The number of rotatable bonds is 4. The van der Waals surface area contributed by atoms with Crippen LogP contribution in [0.1, 0.15) is 38.2 Å². The average molecular weight is 246 g/mol. The van der Waals surface area contributed by atoms with Crippen LogP contribution in [0.5, 0.6) is 0 Å². The minimum absolute atomic E-state index is 0.100. The number of anilines is 1. The third-order valence-corrected chi connectivity index (χ3v) is 3.50. The summed E-state index contributed by atoms with van der Waals surface area (Å²) in [7, 11) is 0. The van der Waals surface area contributed by atoms with Crippen molar-refractivity contribution in [2.24, 2.45) is 0 Å². The minimum Gasteiger partial charge on any atom is -0.374 e. The fraction of sp³-hybridized carbons (Fsp3) is 0.533. The van der Waals surface area contributed by atoms with E-state index in [2.05, 4.69) is 29.7 Å². The number of hydrogen-bond donors (Lipinski definition) is 2. The van der Waals surface area contributed by atoms with Crippen LogP contribution in [0.25, 0.3) is 0 Å². The highest BCUT2D eigenvalue weighted by molar-refractivity contribution is 5.84. The van der Waals surface area contributed by atoms with Crippen molar-refractivity contribution in [1.82, 2.24) is 5.32 Å². The quantitative estimate of drug-likeness (QED) is 0.857. The van der Waals surface area contributed by atoms with Gasteiger partial charge in [-0.3, -0.25) is 4.79 Å². The Morgan fingerprint density at radius 2 is 2.06 bits per heavy atom. The zero-order valence-electron chi connectivity index (χ0n) is 11.2. The molecule has 0 spiro atoms. The van der Waals surface area contributed by atoms with Gasteiger partial charge in [0.05, 0.1) is 0 Å². The maximum atomic E-state index is 12.0. The van der Waals surface area contributed by atoms with Crippen molar-refractivity contribution in [3.63, 3.8) is 0 Å². The Kier molecular flexibility index (Phi) is 4.24. The first-order chi connectivity index (χ1) is 8.65. The fourth-order valence-corrected chi connectivity index (χ4v) is 2.45. The number of hydrogen-bond acceptors (Lipinski definition) is 2. The summed E-state index contributed by atoms with van der Waals surface area (Å²) in [5, 5.41) is 6.36. The van der Waals surface area contributed by atoms with Crippen molar-refractivity contribution in [2.75, 3.05) is 5.32 Å². The molecule has 2 rings (SSSR count). The zero-order chi connectivity index (χ0) is 13.0. The Balaban J connectivity index is 1.86. The topological polar surface area (TPSA) is 41.1 Å². The largest absolute Gasteiger partial charge is 0.374 e. The van der Waals surface area contributed by atoms with Crippen LogP contribution in [-0.2, 0) is 4.79 Å². The van der Waals surface area contributed by atoms with Gasteiger partial charge in [-0.1, -0.05) is 25.0 Å². The van der Waals surface area contributed by atoms with E-state index in [1.54, 1.807) is 0 Å². The van der Waals surface area contributed by atoms with E-state index in [1.165, 1.54) is 18.4 Å². The molecule has 18 heavy (non-hydrogen) atoms. The molecule has 1 saturated carbocycles. The van der Waals surface area contributed by atoms with Crippen molar-refractivity contribution >= 4 is 11.6 Å². The normalized spacial score (nSPS) is 17.4. The van der Waals surface area contributed by atoms with E-state index in [0.717, 1.165) is 18.5 Å². The second kappa shape index (κ2) is 5.89. The van der Waals surface area contributed by atoms with Gasteiger partial charge in [-0.2, -0.15) is 0 Å². The molecule has 0 radical (unpaired) electrons. The molecule has 1 unspecified atom stereocenters. The van der Waals surface area contributed by atoms with Gasteiger partial charge in [0, 0.05) is 11.7 Å². The van der Waals surface area contributed by atoms with Gasteiger partial charge in [0.2, 0.25) is 5.91 Å². The van der Waals surface area contributed by atoms with E-state index >= 15 is 0 Å². The summed E-state index contributed by atoms with van der Waals surface area (Å²) in [4.78, 5) is 12.0. The zero-order valence-corrected chi connectivity index (χ0v) is 11.2. The lowest BCUT2D eigenvalue weighted by atomic mass is 10.2. The van der Waals surface area contributed by atoms with Gasteiger partial charge >= 0.3 is 0 Å². The Morgan fingerprint density at radius 3 is 2.72 bits per heavy atom. The number of amides is 1. The number of carbonyl (C=O) groups excluding carboxylic acids is 1. The van der Waals surface area contributed by atoms with Gasteiger partial charge in [-0.15, -0.1) is 0 Å². The molecule has 3 nitrogen and oxygen atoms in total. The van der Waals surface area contributed by atoms with Crippen LogP contribution in [0.3, 0.4) is 0 Å². The predicted molar refractivity (Wildman–Crippen MR) is 74.7 cm³/mol. The standard InChI is InChI=1S/C15H22N2O/c1-11-6-5-9-14(10-11)16-12(2)15(18)17-13-7-3-4-8-13/h5-6,9-10,12-13,16H,3-4,7-8H2,1-2H3,(H,17,18). The van der Waals surface area contributed by atoms with Crippen LogP contribution in [0.15, 0.2) is 24.3 Å². The van der Waals surface area contributed by atoms with E-state index in [-0.39, 0.29) is 11.9 Å². The second-order valence-corrected chi connectivity index (χ2v) is 5.23. The highest BCUT2D eigenvalue weighted by atomic mass is 16.2. The molecule has 0 aliphatic heterocycles. The smallest absolute Gasteiger partial charge is 0.242 e. The first-order valence-corrected chi connectivity index (χ1v) is 6.79. The number of aryl methyl sites for hydroxylation is 1. The van der Waals surface area contributed by atoms with Crippen LogP contribution >= 0.6 is 0 Å². The summed E-state index contributed by atoms with van der Waals surface area (Å²) in [5.41, 5.74) is 2.20. The van der Waals surface area contributed by atoms with E-state index in [9.17, 15) is 4.79 Å². The van der Waals surface area contributed by atoms with Crippen molar-refractivity contribution in [1.29, 1.82) is 0 Å². The van der Waals surface area contributed by atoms with Crippen molar-refractivity contribution in [2.45, 2.75) is 51.6 Å². The Morgan fingerprint density at radius 1 is 1.33 bits per heavy atom. The second-order valence-electron chi connectivity index (χ2n) is 5.23. The van der Waals surface area contributed by atoms with Crippen molar-refractivity contribution < 1.29 is 4.79 Å². The molecule has 1 aliphatic carbocycles. The number of benzene rings is 1. The predicted octanol–water partition coefficient (Wildman–Crippen LogP) is 2.85. The SMILES string of the molecule is Cc1cccc(NC(C)C(=O)NC2CCCC2)c1. The molecule has 0 saturated heterocycles.